The van der Waals surface area contributed by atoms with Gasteiger partial charge in [-0.3, -0.25) is 9.52 Å². The second kappa shape index (κ2) is 16.4. The number of benzene rings is 1. The van der Waals surface area contributed by atoms with E-state index in [1.165, 1.54) is 64.2 Å². The summed E-state index contributed by atoms with van der Waals surface area (Å²) in [5, 5.41) is 0. The Morgan fingerprint density at radius 2 is 1.48 bits per heavy atom. The molecule has 1 heterocycles. The smallest absolute Gasteiger partial charge is 0.418 e. The van der Waals surface area contributed by atoms with E-state index in [2.05, 4.69) is 18.0 Å². The van der Waals surface area contributed by atoms with Crippen molar-refractivity contribution in [2.75, 3.05) is 13.2 Å². The molecule has 0 fully saturated rings. The fourth-order valence-corrected chi connectivity index (χ4v) is 4.15. The molecule has 0 aliphatic carbocycles. The topological polar surface area (TPSA) is 40.0 Å². The number of rotatable bonds is 16. The van der Waals surface area contributed by atoms with Crippen LogP contribution in [0.2, 0.25) is 0 Å². The number of unbranched alkanes of at least 4 members (excludes halogenated alkanes) is 10. The fraction of sp³-hybridized carbons (Fsp3) is 0.625. The highest BCUT2D eigenvalue weighted by molar-refractivity contribution is 7.42. The molecule has 1 aromatic carbocycles. The molecule has 0 N–H and O–H groups in total. The predicted octanol–water partition coefficient (Wildman–Crippen LogP) is 7.99. The van der Waals surface area contributed by atoms with Crippen molar-refractivity contribution >= 4 is 14.5 Å². The first-order valence-electron chi connectivity index (χ1n) is 11.4. The van der Waals surface area contributed by atoms with Crippen molar-refractivity contribution in [2.24, 2.45) is 4.99 Å². The van der Waals surface area contributed by atoms with E-state index in [0.717, 1.165) is 25.1 Å². The third-order valence-corrected chi connectivity index (χ3v) is 5.95. The Morgan fingerprint density at radius 1 is 0.828 bits per heavy atom. The molecule has 0 saturated heterocycles. The Balaban J connectivity index is 1.57. The second-order valence-corrected chi connectivity index (χ2v) is 8.57. The molecule has 0 bridgehead atoms. The molecule has 29 heavy (non-hydrogen) atoms. The number of nitrogens with zero attached hydrogens (tertiary/aromatic N) is 1. The minimum atomic E-state index is -1.48. The van der Waals surface area contributed by atoms with E-state index in [4.69, 9.17) is 13.6 Å². The maximum Gasteiger partial charge on any atom is 0.464 e. The molecule has 4 nitrogen and oxygen atoms in total. The van der Waals surface area contributed by atoms with Gasteiger partial charge in [0.15, 0.2) is 0 Å². The lowest BCUT2D eigenvalue weighted by molar-refractivity contribution is 0.255. The van der Waals surface area contributed by atoms with Crippen LogP contribution >= 0.6 is 8.60 Å². The lowest BCUT2D eigenvalue weighted by Crippen LogP contribution is -2.07. The van der Waals surface area contributed by atoms with Crippen molar-refractivity contribution in [1.82, 2.24) is 0 Å². The number of para-hydroxylation sites is 1. The van der Waals surface area contributed by atoms with Crippen molar-refractivity contribution in [1.29, 1.82) is 0 Å². The van der Waals surface area contributed by atoms with Crippen LogP contribution in [0.5, 0.6) is 5.75 Å². The van der Waals surface area contributed by atoms with Gasteiger partial charge in [-0.05, 0) is 31.1 Å². The summed E-state index contributed by atoms with van der Waals surface area (Å²) in [7, 11) is -1.48. The minimum absolute atomic E-state index is 0.609. The van der Waals surface area contributed by atoms with Gasteiger partial charge in [0.25, 0.3) is 0 Å². The third-order valence-electron chi connectivity index (χ3n) is 4.86. The lowest BCUT2D eigenvalue weighted by Gasteiger charge is -2.18. The number of hydrogen-bond acceptors (Lipinski definition) is 4. The number of dihydropyridines is 1. The van der Waals surface area contributed by atoms with E-state index in [9.17, 15) is 0 Å². The highest BCUT2D eigenvalue weighted by Gasteiger charge is 2.18. The first-order chi connectivity index (χ1) is 14.4. The van der Waals surface area contributed by atoms with Gasteiger partial charge in [0.2, 0.25) is 5.90 Å². The van der Waals surface area contributed by atoms with Crippen LogP contribution in [0.15, 0.2) is 47.5 Å². The Bertz CT molecular complexity index is 577. The van der Waals surface area contributed by atoms with Crippen molar-refractivity contribution in [3.8, 4) is 5.75 Å². The maximum atomic E-state index is 5.94. The Labute approximate surface area is 178 Å². The average molecular weight is 420 g/mol. The quantitative estimate of drug-likeness (QED) is 0.201. The molecular formula is C24H38NO3P. The van der Waals surface area contributed by atoms with E-state index in [-0.39, 0.29) is 0 Å². The molecule has 0 radical (unpaired) electrons. The van der Waals surface area contributed by atoms with Crippen molar-refractivity contribution in [2.45, 2.75) is 84.0 Å². The molecule has 2 rings (SSSR count). The van der Waals surface area contributed by atoms with E-state index in [1.807, 2.05) is 36.4 Å². The zero-order chi connectivity index (χ0) is 20.4. The van der Waals surface area contributed by atoms with Crippen LogP contribution in [0.25, 0.3) is 0 Å². The first kappa shape index (κ1) is 23.9. The van der Waals surface area contributed by atoms with Crippen LogP contribution in [-0.2, 0) is 9.05 Å². The van der Waals surface area contributed by atoms with E-state index >= 15 is 0 Å². The van der Waals surface area contributed by atoms with Crippen molar-refractivity contribution < 1.29 is 13.6 Å². The summed E-state index contributed by atoms with van der Waals surface area (Å²) in [6, 6.07) is 9.71. The summed E-state index contributed by atoms with van der Waals surface area (Å²) >= 11 is 0. The van der Waals surface area contributed by atoms with Gasteiger partial charge in [0, 0.05) is 6.54 Å². The summed E-state index contributed by atoms with van der Waals surface area (Å²) in [6.07, 6.45) is 19.5. The van der Waals surface area contributed by atoms with Gasteiger partial charge < -0.3 is 9.05 Å². The molecule has 1 aliphatic heterocycles. The minimum Gasteiger partial charge on any atom is -0.418 e. The molecule has 1 unspecified atom stereocenters. The van der Waals surface area contributed by atoms with Gasteiger partial charge >= 0.3 is 8.60 Å². The van der Waals surface area contributed by atoms with Gasteiger partial charge in [-0.15, -0.1) is 0 Å². The summed E-state index contributed by atoms with van der Waals surface area (Å²) in [6.45, 7) is 3.69. The largest absolute Gasteiger partial charge is 0.464 e. The molecule has 5 heteroatoms. The molecular weight excluding hydrogens is 381 g/mol. The summed E-state index contributed by atoms with van der Waals surface area (Å²) in [5.41, 5.74) is 0. The van der Waals surface area contributed by atoms with Gasteiger partial charge in [-0.1, -0.05) is 95.4 Å². The summed E-state index contributed by atoms with van der Waals surface area (Å²) < 4.78 is 17.7. The van der Waals surface area contributed by atoms with Crippen LogP contribution < -0.4 is 4.52 Å². The zero-order valence-electron chi connectivity index (χ0n) is 18.1. The highest BCUT2D eigenvalue weighted by Crippen LogP contribution is 2.41. The fourth-order valence-electron chi connectivity index (χ4n) is 3.17. The summed E-state index contributed by atoms with van der Waals surface area (Å²) in [4.78, 5) is 4.38. The van der Waals surface area contributed by atoms with Crippen LogP contribution in [0.3, 0.4) is 0 Å². The van der Waals surface area contributed by atoms with Crippen molar-refractivity contribution in [3.63, 3.8) is 0 Å². The average Bonchev–Trinajstić information content (AvgIpc) is 2.76. The SMILES string of the molecule is CCCCCCCCCCCCCOP(OC1=NCCC=C1)Oc1ccccc1. The van der Waals surface area contributed by atoms with Crippen LogP contribution in [0.4, 0.5) is 0 Å². The second-order valence-electron chi connectivity index (χ2n) is 7.50. The highest BCUT2D eigenvalue weighted by atomic mass is 31.2. The van der Waals surface area contributed by atoms with Gasteiger partial charge in [-0.25, -0.2) is 0 Å². The lowest BCUT2D eigenvalue weighted by atomic mass is 10.1. The Hall–Kier alpha value is -1.38. The standard InChI is InChI=1S/C24H38NO3P/c1-2-3-4-5-6-7-8-9-10-11-17-22-26-29(27-23-18-13-12-14-19-23)28-24-20-15-16-21-25-24/h12-15,18-20H,2-11,16-17,21-22H2,1H3. The number of aliphatic imine (C=N–C) groups is 1. The van der Waals surface area contributed by atoms with Crippen LogP contribution in [-0.4, -0.2) is 19.0 Å². The number of hydrogen-bond donors (Lipinski definition) is 0. The molecule has 1 atom stereocenters. The van der Waals surface area contributed by atoms with E-state index in [0.29, 0.717) is 12.5 Å². The monoisotopic (exact) mass is 419 g/mol. The Kier molecular flexibility index (Phi) is 13.5. The zero-order valence-corrected chi connectivity index (χ0v) is 19.0. The molecule has 0 saturated carbocycles. The van der Waals surface area contributed by atoms with Crippen LogP contribution in [0, 0.1) is 0 Å². The molecule has 0 spiro atoms. The normalized spacial score (nSPS) is 14.4. The molecule has 162 valence electrons. The molecule has 1 aromatic rings. The van der Waals surface area contributed by atoms with Gasteiger partial charge in [-0.2, -0.15) is 0 Å². The first-order valence-corrected chi connectivity index (χ1v) is 12.5. The van der Waals surface area contributed by atoms with Gasteiger partial charge in [0.1, 0.15) is 5.75 Å². The third kappa shape index (κ3) is 12.0. The van der Waals surface area contributed by atoms with Crippen molar-refractivity contribution in [3.05, 3.63) is 42.5 Å². The van der Waals surface area contributed by atoms with E-state index < -0.39 is 8.60 Å². The maximum absolute atomic E-state index is 5.94. The molecule has 0 aromatic heterocycles. The van der Waals surface area contributed by atoms with Crippen LogP contribution in [0.1, 0.15) is 84.0 Å². The van der Waals surface area contributed by atoms with E-state index in [1.54, 1.807) is 0 Å². The molecule has 1 aliphatic rings. The Morgan fingerprint density at radius 3 is 2.10 bits per heavy atom. The predicted molar refractivity (Wildman–Crippen MR) is 124 cm³/mol. The molecule has 0 amide bonds. The van der Waals surface area contributed by atoms with Gasteiger partial charge in [0.05, 0.1) is 6.61 Å². The summed E-state index contributed by atoms with van der Waals surface area (Å²) in [5.74, 6) is 1.37.